The van der Waals surface area contributed by atoms with Crippen molar-refractivity contribution in [3.05, 3.63) is 51.9 Å². The van der Waals surface area contributed by atoms with Crippen LogP contribution in [0.5, 0.6) is 0 Å². The first kappa shape index (κ1) is 20.1. The molecule has 1 atom stereocenters. The number of fused-ring (bicyclic) bond motifs is 1. The number of anilines is 1. The molecule has 3 heterocycles. The predicted octanol–water partition coefficient (Wildman–Crippen LogP) is 3.80. The first-order chi connectivity index (χ1) is 14.1. The summed E-state index contributed by atoms with van der Waals surface area (Å²) in [6.45, 7) is 4.70. The van der Waals surface area contributed by atoms with Gasteiger partial charge in [-0.15, -0.1) is 0 Å². The van der Waals surface area contributed by atoms with Crippen molar-refractivity contribution in [2.75, 3.05) is 25.5 Å². The molecule has 0 spiro atoms. The summed E-state index contributed by atoms with van der Waals surface area (Å²) in [5.41, 5.74) is 3.25. The van der Waals surface area contributed by atoms with Crippen LogP contribution in [0.4, 0.5) is 5.82 Å². The molecule has 4 rings (SSSR count). The number of halogens is 1. The fourth-order valence-corrected chi connectivity index (χ4v) is 4.59. The minimum absolute atomic E-state index is 0.0971. The molecule has 154 valence electrons. The van der Waals surface area contributed by atoms with Gasteiger partial charge >= 0.3 is 0 Å². The van der Waals surface area contributed by atoms with Gasteiger partial charge in [0.15, 0.2) is 0 Å². The number of aromatic nitrogens is 2. The van der Waals surface area contributed by atoms with Crippen molar-refractivity contribution in [1.82, 2.24) is 19.8 Å². The largest absolute Gasteiger partial charge is 0.373 e. The Morgan fingerprint density at radius 1 is 1.24 bits per heavy atom. The lowest BCUT2D eigenvalue weighted by Crippen LogP contribution is -2.37. The number of benzene rings is 1. The van der Waals surface area contributed by atoms with Crippen LogP contribution in [0.15, 0.2) is 24.3 Å². The number of rotatable bonds is 4. The van der Waals surface area contributed by atoms with Crippen molar-refractivity contribution in [2.45, 2.75) is 51.7 Å². The molecular weight excluding hydrogens is 386 g/mol. The molecule has 2 aliphatic rings. The second kappa shape index (κ2) is 8.67. The van der Waals surface area contributed by atoms with Crippen LogP contribution in [0, 0.1) is 0 Å². The number of hydrogen-bond acceptors (Lipinski definition) is 5. The lowest BCUT2D eigenvalue weighted by molar-refractivity contribution is -0.129. The Morgan fingerprint density at radius 3 is 2.83 bits per heavy atom. The van der Waals surface area contributed by atoms with Gasteiger partial charge in [-0.3, -0.25) is 9.69 Å². The molecule has 0 aliphatic carbocycles. The van der Waals surface area contributed by atoms with Crippen molar-refractivity contribution in [3.8, 4) is 0 Å². The van der Waals surface area contributed by atoms with E-state index in [0.29, 0.717) is 6.54 Å². The first-order valence-corrected chi connectivity index (χ1v) is 10.7. The van der Waals surface area contributed by atoms with Gasteiger partial charge in [0, 0.05) is 37.6 Å². The topological polar surface area (TPSA) is 61.4 Å². The van der Waals surface area contributed by atoms with E-state index in [1.807, 2.05) is 30.1 Å². The van der Waals surface area contributed by atoms with Crippen LogP contribution in [0.25, 0.3) is 0 Å². The molecule has 1 aromatic carbocycles. The first-order valence-electron chi connectivity index (χ1n) is 10.4. The van der Waals surface area contributed by atoms with Gasteiger partial charge in [0.2, 0.25) is 5.91 Å². The smallest absolute Gasteiger partial charge is 0.219 e. The van der Waals surface area contributed by atoms with Gasteiger partial charge in [-0.25, -0.2) is 9.97 Å². The third-order valence-electron chi connectivity index (χ3n) is 6.01. The zero-order chi connectivity index (χ0) is 20.4. The van der Waals surface area contributed by atoms with Crippen LogP contribution < -0.4 is 5.32 Å². The molecule has 1 N–H and O–H groups in total. The normalized spacial score (nSPS) is 19.7. The van der Waals surface area contributed by atoms with E-state index in [2.05, 4.69) is 16.3 Å². The quantitative estimate of drug-likeness (QED) is 0.825. The number of nitrogens with zero attached hydrogens (tertiary/aromatic N) is 4. The number of carbonyl (C=O) groups excluding carboxylic acids is 1. The maximum Gasteiger partial charge on any atom is 0.219 e. The van der Waals surface area contributed by atoms with Crippen molar-refractivity contribution in [3.63, 3.8) is 0 Å². The van der Waals surface area contributed by atoms with E-state index in [9.17, 15) is 4.79 Å². The number of hydrogen-bond donors (Lipinski definition) is 1. The third-order valence-corrected chi connectivity index (χ3v) is 6.38. The van der Waals surface area contributed by atoms with Gasteiger partial charge in [-0.05, 0) is 37.4 Å². The molecule has 2 aliphatic heterocycles. The van der Waals surface area contributed by atoms with Gasteiger partial charge < -0.3 is 10.2 Å². The van der Waals surface area contributed by atoms with Crippen LogP contribution in [0.3, 0.4) is 0 Å². The number of nitrogens with one attached hydrogen (secondary N) is 1. The van der Waals surface area contributed by atoms with Crippen molar-refractivity contribution in [1.29, 1.82) is 0 Å². The molecular formula is C22H28ClN5O. The van der Waals surface area contributed by atoms with Crippen LogP contribution in [-0.4, -0.2) is 45.8 Å². The minimum atomic E-state index is 0.0971. The second-order valence-corrected chi connectivity index (χ2v) is 8.28. The van der Waals surface area contributed by atoms with E-state index in [1.54, 1.807) is 6.92 Å². The molecule has 1 amide bonds. The molecule has 0 unspecified atom stereocenters. The Morgan fingerprint density at radius 2 is 2.07 bits per heavy atom. The van der Waals surface area contributed by atoms with E-state index in [1.165, 1.54) is 12.8 Å². The van der Waals surface area contributed by atoms with E-state index in [4.69, 9.17) is 21.6 Å². The molecule has 7 heteroatoms. The third kappa shape index (κ3) is 4.23. The summed E-state index contributed by atoms with van der Waals surface area (Å²) in [7, 11) is 1.91. The van der Waals surface area contributed by atoms with Crippen molar-refractivity contribution < 1.29 is 4.79 Å². The van der Waals surface area contributed by atoms with Gasteiger partial charge in [0.05, 0.1) is 18.3 Å². The Labute approximate surface area is 177 Å². The summed E-state index contributed by atoms with van der Waals surface area (Å²) in [5, 5.41) is 4.06. The van der Waals surface area contributed by atoms with Crippen LogP contribution in [0.2, 0.25) is 5.02 Å². The summed E-state index contributed by atoms with van der Waals surface area (Å²) in [6.07, 6.45) is 4.16. The molecule has 0 radical (unpaired) electrons. The van der Waals surface area contributed by atoms with Gasteiger partial charge in [0.1, 0.15) is 11.6 Å². The van der Waals surface area contributed by atoms with Gasteiger partial charge in [-0.2, -0.15) is 0 Å². The molecule has 1 fully saturated rings. The molecule has 0 bridgehead atoms. The summed E-state index contributed by atoms with van der Waals surface area (Å²) in [4.78, 5) is 26.1. The summed E-state index contributed by atoms with van der Waals surface area (Å²) in [5.74, 6) is 1.85. The SMILES string of the molecule is CNc1nc([C@@H]2CCCCN2Cc2ccccc2Cl)nc2c1CCN(C(C)=O)C2. The number of amides is 1. The number of piperidine rings is 1. The zero-order valence-electron chi connectivity index (χ0n) is 17.1. The van der Waals surface area contributed by atoms with E-state index >= 15 is 0 Å². The van der Waals surface area contributed by atoms with Gasteiger partial charge in [0.25, 0.3) is 0 Å². The molecule has 1 saturated heterocycles. The molecule has 0 saturated carbocycles. The fraction of sp³-hybridized carbons (Fsp3) is 0.500. The Kier molecular flexibility index (Phi) is 6.01. The Hall–Kier alpha value is -2.18. The Bertz CT molecular complexity index is 903. The summed E-state index contributed by atoms with van der Waals surface area (Å²) in [6, 6.07) is 8.19. The standard InChI is InChI=1S/C22H28ClN5O/c1-15(29)27-12-10-17-19(14-27)25-22(26-21(17)24-2)20-9-5-6-11-28(20)13-16-7-3-4-8-18(16)23/h3-4,7-8,20H,5-6,9-14H2,1-2H3,(H,24,25,26)/t20-/m0/s1. The fourth-order valence-electron chi connectivity index (χ4n) is 4.39. The lowest BCUT2D eigenvalue weighted by Gasteiger charge is -2.36. The predicted molar refractivity (Wildman–Crippen MR) is 115 cm³/mol. The highest BCUT2D eigenvalue weighted by atomic mass is 35.5. The van der Waals surface area contributed by atoms with E-state index in [0.717, 1.165) is 66.0 Å². The monoisotopic (exact) mass is 413 g/mol. The van der Waals surface area contributed by atoms with E-state index < -0.39 is 0 Å². The van der Waals surface area contributed by atoms with Crippen molar-refractivity contribution in [2.24, 2.45) is 0 Å². The average molecular weight is 414 g/mol. The van der Waals surface area contributed by atoms with Crippen molar-refractivity contribution >= 4 is 23.3 Å². The molecule has 29 heavy (non-hydrogen) atoms. The lowest BCUT2D eigenvalue weighted by atomic mass is 9.99. The van der Waals surface area contributed by atoms with Crippen LogP contribution >= 0.6 is 11.6 Å². The van der Waals surface area contributed by atoms with Gasteiger partial charge in [-0.1, -0.05) is 36.2 Å². The maximum absolute atomic E-state index is 11.9. The Balaban J connectivity index is 1.65. The highest BCUT2D eigenvalue weighted by Crippen LogP contribution is 2.34. The summed E-state index contributed by atoms with van der Waals surface area (Å²) < 4.78 is 0. The van der Waals surface area contributed by atoms with Crippen LogP contribution in [-0.2, 0) is 24.3 Å². The zero-order valence-corrected chi connectivity index (χ0v) is 17.9. The number of carbonyl (C=O) groups is 1. The second-order valence-electron chi connectivity index (χ2n) is 7.87. The highest BCUT2D eigenvalue weighted by molar-refractivity contribution is 6.31. The average Bonchev–Trinajstić information content (AvgIpc) is 2.74. The molecule has 2 aromatic rings. The molecule has 6 nitrogen and oxygen atoms in total. The molecule has 1 aromatic heterocycles. The minimum Gasteiger partial charge on any atom is -0.373 e. The van der Waals surface area contributed by atoms with E-state index in [-0.39, 0.29) is 11.9 Å². The maximum atomic E-state index is 11.9. The summed E-state index contributed by atoms with van der Waals surface area (Å²) >= 11 is 6.42. The van der Waals surface area contributed by atoms with Crippen LogP contribution in [0.1, 0.15) is 54.9 Å². The highest BCUT2D eigenvalue weighted by Gasteiger charge is 2.30. The number of likely N-dealkylation sites (tertiary alicyclic amines) is 1.